The number of imidazole rings is 1. The van der Waals surface area contributed by atoms with Gasteiger partial charge in [-0.3, -0.25) is 0 Å². The lowest BCUT2D eigenvalue weighted by molar-refractivity contribution is 0.0696. The Balaban J connectivity index is 1.18. The first kappa shape index (κ1) is 27.7. The molecule has 4 aromatic rings. The molecule has 0 saturated heterocycles. The number of pyridine rings is 1. The van der Waals surface area contributed by atoms with Crippen molar-refractivity contribution in [1.29, 1.82) is 5.26 Å². The number of carbonyl (C=O) groups is 1. The third-order valence-corrected chi connectivity index (χ3v) is 8.07. The molecule has 2 aliphatic rings. The van der Waals surface area contributed by atoms with Gasteiger partial charge in [-0.2, -0.15) is 14.6 Å². The number of carboxylic acid groups (broad SMARTS) is 1. The standard InChI is InChI=1S/C30H25ClF2N6O3/c31-21-6-5-19(22(32)11-21)14-42-28-23(33)13-35-26(38-28)18-3-1-17(2-4-18)9-25-37-24-10-20(29(40)41)12-36-27(24)39(25)16-30(15-34)7-8-30/h3,5-6,10-13,17H,1-2,4,7-9,14,16H2,(H,40,41). The second-order valence-corrected chi connectivity index (χ2v) is 11.3. The summed E-state index contributed by atoms with van der Waals surface area (Å²) in [6.45, 7) is 0.253. The van der Waals surface area contributed by atoms with Crippen LogP contribution in [-0.2, 0) is 19.6 Å². The number of carboxylic acids is 1. The average molecular weight is 591 g/mol. The summed E-state index contributed by atoms with van der Waals surface area (Å²) in [7, 11) is 0. The Morgan fingerprint density at radius 1 is 1.19 bits per heavy atom. The summed E-state index contributed by atoms with van der Waals surface area (Å²) in [5, 5.41) is 19.3. The van der Waals surface area contributed by atoms with Crippen LogP contribution in [0.25, 0.3) is 16.7 Å². The number of benzene rings is 1. The first-order valence-corrected chi connectivity index (χ1v) is 13.9. The van der Waals surface area contributed by atoms with Crippen LogP contribution in [0.15, 0.2) is 42.7 Å². The molecule has 12 heteroatoms. The number of halogens is 3. The molecule has 6 rings (SSSR count). The Hall–Kier alpha value is -4.43. The highest BCUT2D eigenvalue weighted by Gasteiger charge is 2.44. The largest absolute Gasteiger partial charge is 0.478 e. The fourth-order valence-electron chi connectivity index (χ4n) is 5.18. The molecular weight excluding hydrogens is 566 g/mol. The van der Waals surface area contributed by atoms with Gasteiger partial charge in [-0.05, 0) is 61.8 Å². The molecule has 1 aromatic carbocycles. The van der Waals surface area contributed by atoms with E-state index < -0.39 is 23.0 Å². The normalized spacial score (nSPS) is 17.5. The lowest BCUT2D eigenvalue weighted by Crippen LogP contribution is -2.17. The molecule has 0 bridgehead atoms. The van der Waals surface area contributed by atoms with Gasteiger partial charge in [-0.15, -0.1) is 0 Å². The van der Waals surface area contributed by atoms with E-state index in [0.717, 1.165) is 42.9 Å². The van der Waals surface area contributed by atoms with Crippen LogP contribution in [0.5, 0.6) is 5.88 Å². The van der Waals surface area contributed by atoms with Crippen LogP contribution in [0.4, 0.5) is 8.78 Å². The van der Waals surface area contributed by atoms with Crippen molar-refractivity contribution in [2.75, 3.05) is 0 Å². The number of aromatic carboxylic acids is 1. The summed E-state index contributed by atoms with van der Waals surface area (Å²) in [5.41, 5.74) is 1.78. The number of allylic oxidation sites excluding steroid dienone is 2. The summed E-state index contributed by atoms with van der Waals surface area (Å²) in [5.74, 6) is -1.28. The van der Waals surface area contributed by atoms with E-state index in [0.29, 0.717) is 42.8 Å². The van der Waals surface area contributed by atoms with Gasteiger partial charge in [0.15, 0.2) is 11.5 Å². The highest BCUT2D eigenvalue weighted by molar-refractivity contribution is 6.30. The molecule has 42 heavy (non-hydrogen) atoms. The lowest BCUT2D eigenvalue weighted by atomic mass is 9.87. The van der Waals surface area contributed by atoms with Crippen molar-refractivity contribution in [2.24, 2.45) is 11.3 Å². The summed E-state index contributed by atoms with van der Waals surface area (Å²) in [6, 6.07) is 8.10. The highest BCUT2D eigenvalue weighted by atomic mass is 35.5. The minimum absolute atomic E-state index is 0.0614. The third-order valence-electron chi connectivity index (χ3n) is 7.83. The second-order valence-electron chi connectivity index (χ2n) is 10.8. The van der Waals surface area contributed by atoms with Gasteiger partial charge in [0.05, 0.1) is 23.2 Å². The molecule has 2 aliphatic carbocycles. The molecule has 0 spiro atoms. The van der Waals surface area contributed by atoms with Crippen molar-refractivity contribution in [3.05, 3.63) is 82.2 Å². The molecule has 0 radical (unpaired) electrons. The van der Waals surface area contributed by atoms with Crippen molar-refractivity contribution in [2.45, 2.75) is 51.7 Å². The van der Waals surface area contributed by atoms with E-state index in [1.165, 1.54) is 24.4 Å². The van der Waals surface area contributed by atoms with E-state index in [9.17, 15) is 23.9 Å². The van der Waals surface area contributed by atoms with E-state index in [2.05, 4.69) is 21.0 Å². The zero-order valence-corrected chi connectivity index (χ0v) is 23.1. The molecule has 1 fully saturated rings. The molecule has 1 saturated carbocycles. The first-order chi connectivity index (χ1) is 20.2. The van der Waals surface area contributed by atoms with Crippen molar-refractivity contribution < 1.29 is 23.4 Å². The van der Waals surface area contributed by atoms with Crippen LogP contribution in [0.3, 0.4) is 0 Å². The summed E-state index contributed by atoms with van der Waals surface area (Å²) in [4.78, 5) is 29.0. The van der Waals surface area contributed by atoms with E-state index in [1.807, 2.05) is 10.6 Å². The number of nitriles is 1. The first-order valence-electron chi connectivity index (χ1n) is 13.5. The number of hydrogen-bond donors (Lipinski definition) is 1. The number of nitrogens with zero attached hydrogens (tertiary/aromatic N) is 6. The lowest BCUT2D eigenvalue weighted by Gasteiger charge is -2.22. The van der Waals surface area contributed by atoms with Gasteiger partial charge in [0.2, 0.25) is 5.82 Å². The number of ether oxygens (including phenoxy) is 1. The molecule has 1 atom stereocenters. The predicted molar refractivity (Wildman–Crippen MR) is 149 cm³/mol. The van der Waals surface area contributed by atoms with E-state index in [-0.39, 0.29) is 34.6 Å². The molecular formula is C30H25ClF2N6O3. The smallest absolute Gasteiger partial charge is 0.337 e. The predicted octanol–water partition coefficient (Wildman–Crippen LogP) is 6.16. The van der Waals surface area contributed by atoms with Crippen molar-refractivity contribution >= 4 is 34.3 Å². The van der Waals surface area contributed by atoms with Crippen LogP contribution >= 0.6 is 11.6 Å². The Bertz CT molecular complexity index is 1780. The molecule has 3 heterocycles. The van der Waals surface area contributed by atoms with Gasteiger partial charge in [-0.25, -0.2) is 24.1 Å². The fraction of sp³-hybridized carbons (Fsp3) is 0.333. The van der Waals surface area contributed by atoms with Gasteiger partial charge < -0.3 is 14.4 Å². The van der Waals surface area contributed by atoms with Crippen LogP contribution in [-0.4, -0.2) is 35.6 Å². The van der Waals surface area contributed by atoms with Gasteiger partial charge >= 0.3 is 5.97 Å². The zero-order chi connectivity index (χ0) is 29.4. The Morgan fingerprint density at radius 3 is 2.71 bits per heavy atom. The maximum atomic E-state index is 14.4. The number of rotatable bonds is 9. The Morgan fingerprint density at radius 2 is 2.02 bits per heavy atom. The van der Waals surface area contributed by atoms with E-state index in [4.69, 9.17) is 21.3 Å². The van der Waals surface area contributed by atoms with Crippen molar-refractivity contribution in [3.63, 3.8) is 0 Å². The molecule has 1 unspecified atom stereocenters. The van der Waals surface area contributed by atoms with E-state index in [1.54, 1.807) is 0 Å². The van der Waals surface area contributed by atoms with Gasteiger partial charge in [0.1, 0.15) is 23.8 Å². The summed E-state index contributed by atoms with van der Waals surface area (Å²) < 4.78 is 36.0. The molecule has 3 aromatic heterocycles. The van der Waals surface area contributed by atoms with Crippen LogP contribution in [0.1, 0.15) is 59.7 Å². The van der Waals surface area contributed by atoms with Crippen LogP contribution < -0.4 is 4.74 Å². The summed E-state index contributed by atoms with van der Waals surface area (Å²) in [6.07, 6.45) is 8.76. The topological polar surface area (TPSA) is 127 Å². The molecule has 9 nitrogen and oxygen atoms in total. The maximum Gasteiger partial charge on any atom is 0.337 e. The van der Waals surface area contributed by atoms with Gasteiger partial charge in [-0.1, -0.05) is 23.7 Å². The fourth-order valence-corrected chi connectivity index (χ4v) is 5.34. The zero-order valence-electron chi connectivity index (χ0n) is 22.4. The molecule has 0 aliphatic heterocycles. The van der Waals surface area contributed by atoms with Crippen LogP contribution in [0, 0.1) is 34.3 Å². The Labute approximate surface area is 244 Å². The second kappa shape index (κ2) is 11.1. The van der Waals surface area contributed by atoms with Gasteiger partial charge in [0.25, 0.3) is 5.88 Å². The minimum atomic E-state index is -1.07. The highest BCUT2D eigenvalue weighted by Crippen LogP contribution is 2.47. The van der Waals surface area contributed by atoms with Crippen molar-refractivity contribution in [3.8, 4) is 11.9 Å². The third kappa shape index (κ3) is 5.67. The maximum absolute atomic E-state index is 14.4. The number of hydrogen-bond acceptors (Lipinski definition) is 7. The van der Waals surface area contributed by atoms with E-state index >= 15 is 0 Å². The van der Waals surface area contributed by atoms with Crippen molar-refractivity contribution in [1.82, 2.24) is 24.5 Å². The SMILES string of the molecule is N#CC1(Cn2c(CC3CC=C(c4ncc(F)c(OCc5ccc(Cl)cc5F)n4)CC3)nc3cc(C(=O)O)cnc32)CC1. The minimum Gasteiger partial charge on any atom is -0.478 e. The summed E-state index contributed by atoms with van der Waals surface area (Å²) >= 11 is 5.79. The molecule has 214 valence electrons. The molecule has 0 amide bonds. The monoisotopic (exact) mass is 590 g/mol. The van der Waals surface area contributed by atoms with Gasteiger partial charge in [0, 0.05) is 29.7 Å². The molecule has 1 N–H and O–H groups in total. The quantitative estimate of drug-likeness (QED) is 0.245. The Kier molecular flexibility index (Phi) is 7.33. The number of fused-ring (bicyclic) bond motifs is 1. The average Bonchev–Trinajstić information content (AvgIpc) is 3.68. The number of aromatic nitrogens is 5. The van der Waals surface area contributed by atoms with Crippen LogP contribution in [0.2, 0.25) is 5.02 Å².